The number of aryl methyl sites for hydroxylation is 1. The zero-order valence-electron chi connectivity index (χ0n) is 24.2. The number of nitrogens with zero attached hydrogens (tertiary/aromatic N) is 1. The van der Waals surface area contributed by atoms with Crippen LogP contribution in [0.25, 0.3) is 0 Å². The molecule has 1 saturated heterocycles. The van der Waals surface area contributed by atoms with Crippen LogP contribution >= 0.6 is 0 Å². The number of β-amino-alcohol motifs (C(OH)–C–C–N with tert-alkyl or cyclic N) is 1. The third-order valence-electron chi connectivity index (χ3n) is 6.35. The van der Waals surface area contributed by atoms with Gasteiger partial charge in [0.25, 0.3) is 0 Å². The summed E-state index contributed by atoms with van der Waals surface area (Å²) >= 11 is 0. The first-order chi connectivity index (χ1) is 17.4. The van der Waals surface area contributed by atoms with Crippen molar-refractivity contribution in [2.45, 2.75) is 79.8 Å². The van der Waals surface area contributed by atoms with E-state index in [2.05, 4.69) is 68.2 Å². The first-order valence-corrected chi connectivity index (χ1v) is 14.0. The van der Waals surface area contributed by atoms with Crippen molar-refractivity contribution in [3.05, 3.63) is 59.2 Å². The quantitative estimate of drug-likeness (QED) is 0.360. The van der Waals surface area contributed by atoms with Gasteiger partial charge in [-0.05, 0) is 48.2 Å². The van der Waals surface area contributed by atoms with Crippen LogP contribution in [0, 0.1) is 6.92 Å². The van der Waals surface area contributed by atoms with Crippen LogP contribution in [0.1, 0.15) is 78.0 Å². The lowest BCUT2D eigenvalue weighted by molar-refractivity contribution is 0.0641. The van der Waals surface area contributed by atoms with Crippen LogP contribution in [-0.4, -0.2) is 62.0 Å². The molecule has 5 nitrogen and oxygen atoms in total. The molecule has 0 saturated carbocycles. The van der Waals surface area contributed by atoms with Crippen LogP contribution in [0.4, 0.5) is 0 Å². The average Bonchev–Trinajstić information content (AvgIpc) is 2.91. The molecule has 0 radical (unpaired) electrons. The van der Waals surface area contributed by atoms with E-state index >= 15 is 0 Å². The van der Waals surface area contributed by atoms with E-state index in [9.17, 15) is 5.11 Å². The molecule has 0 bridgehead atoms. The van der Waals surface area contributed by atoms with Crippen molar-refractivity contribution in [1.82, 2.24) is 10.2 Å². The average molecular weight is 501 g/mol. The van der Waals surface area contributed by atoms with Gasteiger partial charge in [-0.1, -0.05) is 79.2 Å². The first-order valence-electron chi connectivity index (χ1n) is 14.0. The minimum absolute atomic E-state index is 0.132. The van der Waals surface area contributed by atoms with E-state index in [1.807, 2.05) is 39.8 Å². The molecular formula is C31H52N2O3. The summed E-state index contributed by atoms with van der Waals surface area (Å²) in [6, 6.07) is 14.8. The highest BCUT2D eigenvalue weighted by atomic mass is 16.5. The van der Waals surface area contributed by atoms with Gasteiger partial charge in [-0.2, -0.15) is 0 Å². The molecule has 1 heterocycles. The second-order valence-electron chi connectivity index (χ2n) is 9.35. The molecule has 2 aromatic carbocycles. The van der Waals surface area contributed by atoms with Gasteiger partial charge in [0, 0.05) is 38.1 Å². The zero-order chi connectivity index (χ0) is 27.0. The predicted molar refractivity (Wildman–Crippen MR) is 154 cm³/mol. The van der Waals surface area contributed by atoms with Crippen LogP contribution in [0.2, 0.25) is 0 Å². The second kappa shape index (κ2) is 17.4. The smallest absolute Gasteiger partial charge is 0.122 e. The summed E-state index contributed by atoms with van der Waals surface area (Å²) in [5, 5.41) is 13.6. The normalized spacial score (nSPS) is 14.6. The molecule has 1 atom stereocenters. The van der Waals surface area contributed by atoms with E-state index in [1.54, 1.807) is 0 Å². The Balaban J connectivity index is 0.00000154. The largest absolute Gasteiger partial charge is 0.493 e. The van der Waals surface area contributed by atoms with Crippen molar-refractivity contribution in [2.24, 2.45) is 0 Å². The molecule has 1 fully saturated rings. The molecule has 2 N–H and O–H groups in total. The Morgan fingerprint density at radius 1 is 0.944 bits per heavy atom. The van der Waals surface area contributed by atoms with Crippen LogP contribution in [-0.2, 0) is 5.41 Å². The molecule has 0 aliphatic carbocycles. The molecule has 2 aromatic rings. The molecule has 204 valence electrons. The monoisotopic (exact) mass is 500 g/mol. The number of aliphatic hydroxyl groups excluding tert-OH is 1. The summed E-state index contributed by atoms with van der Waals surface area (Å²) in [5.41, 5.74) is 3.53. The fourth-order valence-electron chi connectivity index (χ4n) is 4.10. The Morgan fingerprint density at radius 3 is 2.14 bits per heavy atom. The number of aliphatic hydroxyl groups is 1. The lowest BCUT2D eigenvalue weighted by Crippen LogP contribution is -2.47. The van der Waals surface area contributed by atoms with Gasteiger partial charge in [0.05, 0.1) is 6.61 Å². The summed E-state index contributed by atoms with van der Waals surface area (Å²) in [6.07, 6.45) is 1.73. The molecule has 5 heteroatoms. The number of benzene rings is 2. The van der Waals surface area contributed by atoms with Gasteiger partial charge >= 0.3 is 0 Å². The number of rotatable bonds is 11. The fourth-order valence-corrected chi connectivity index (χ4v) is 4.10. The van der Waals surface area contributed by atoms with Gasteiger partial charge in [0.2, 0.25) is 0 Å². The molecule has 1 unspecified atom stereocenters. The minimum atomic E-state index is -0.481. The molecule has 1 aliphatic rings. The number of ether oxygens (including phenoxy) is 2. The number of hydrogen-bond acceptors (Lipinski definition) is 5. The molecule has 0 aromatic heterocycles. The summed E-state index contributed by atoms with van der Waals surface area (Å²) in [7, 11) is 0. The summed E-state index contributed by atoms with van der Waals surface area (Å²) in [6.45, 7) is 22.4. The van der Waals surface area contributed by atoms with E-state index in [1.165, 1.54) is 16.7 Å². The topological polar surface area (TPSA) is 54.0 Å². The van der Waals surface area contributed by atoms with E-state index < -0.39 is 6.10 Å². The second-order valence-corrected chi connectivity index (χ2v) is 9.35. The SMILES string of the molecule is CC.CC.CCCCOc1ccc(C(C)(C)c2ccc(OCC(O)CN3CCNCC3)cc2)cc1C. The maximum absolute atomic E-state index is 10.3. The number of nitrogens with one attached hydrogen (secondary N) is 1. The van der Waals surface area contributed by atoms with Crippen LogP contribution in [0.15, 0.2) is 42.5 Å². The van der Waals surface area contributed by atoms with E-state index in [4.69, 9.17) is 9.47 Å². The Labute approximate surface area is 221 Å². The van der Waals surface area contributed by atoms with Gasteiger partial charge in [-0.15, -0.1) is 0 Å². The van der Waals surface area contributed by atoms with Gasteiger partial charge in [-0.25, -0.2) is 0 Å². The molecule has 36 heavy (non-hydrogen) atoms. The predicted octanol–water partition coefficient (Wildman–Crippen LogP) is 6.20. The fraction of sp³-hybridized carbons (Fsp3) is 0.613. The van der Waals surface area contributed by atoms with Crippen molar-refractivity contribution < 1.29 is 14.6 Å². The summed E-state index contributed by atoms with van der Waals surface area (Å²) < 4.78 is 11.8. The number of hydrogen-bond donors (Lipinski definition) is 2. The lowest BCUT2D eigenvalue weighted by atomic mass is 9.77. The number of unbranched alkanes of at least 4 members (excludes halogenated alkanes) is 1. The van der Waals surface area contributed by atoms with E-state index in [0.717, 1.165) is 57.1 Å². The molecule has 1 aliphatic heterocycles. The van der Waals surface area contributed by atoms with Crippen LogP contribution < -0.4 is 14.8 Å². The zero-order valence-corrected chi connectivity index (χ0v) is 24.2. The highest BCUT2D eigenvalue weighted by Crippen LogP contribution is 2.34. The molecular weight excluding hydrogens is 448 g/mol. The van der Waals surface area contributed by atoms with Crippen molar-refractivity contribution in [1.29, 1.82) is 0 Å². The van der Waals surface area contributed by atoms with Gasteiger partial charge in [0.1, 0.15) is 24.2 Å². The van der Waals surface area contributed by atoms with Crippen molar-refractivity contribution in [2.75, 3.05) is 45.9 Å². The van der Waals surface area contributed by atoms with Crippen molar-refractivity contribution in [3.8, 4) is 11.5 Å². The van der Waals surface area contributed by atoms with Gasteiger partial charge < -0.3 is 19.9 Å². The maximum atomic E-state index is 10.3. The minimum Gasteiger partial charge on any atom is -0.493 e. The van der Waals surface area contributed by atoms with Gasteiger partial charge in [-0.3, -0.25) is 4.90 Å². The standard InChI is InChI=1S/C27H40N2O3.2C2H6/c1-5-6-17-31-26-12-9-23(18-21(26)2)27(3,4)22-7-10-25(11-8-22)32-20-24(30)19-29-15-13-28-14-16-29;2*1-2/h7-12,18,24,28,30H,5-6,13-17,19-20H2,1-4H3;2*1-2H3. The Bertz CT molecular complexity index is 830. The van der Waals surface area contributed by atoms with Crippen molar-refractivity contribution >= 4 is 0 Å². The Kier molecular flexibility index (Phi) is 15.4. The third kappa shape index (κ3) is 10.1. The summed E-state index contributed by atoms with van der Waals surface area (Å²) in [4.78, 5) is 2.28. The molecule has 0 spiro atoms. The maximum Gasteiger partial charge on any atom is 0.122 e. The van der Waals surface area contributed by atoms with Crippen molar-refractivity contribution in [3.63, 3.8) is 0 Å². The van der Waals surface area contributed by atoms with Crippen LogP contribution in [0.3, 0.4) is 0 Å². The third-order valence-corrected chi connectivity index (χ3v) is 6.35. The van der Waals surface area contributed by atoms with E-state index in [0.29, 0.717) is 13.2 Å². The Morgan fingerprint density at radius 2 is 1.56 bits per heavy atom. The number of piperazine rings is 1. The van der Waals surface area contributed by atoms with E-state index in [-0.39, 0.29) is 5.41 Å². The summed E-state index contributed by atoms with van der Waals surface area (Å²) in [5.74, 6) is 1.76. The lowest BCUT2D eigenvalue weighted by Gasteiger charge is -2.29. The van der Waals surface area contributed by atoms with Crippen LogP contribution in [0.5, 0.6) is 11.5 Å². The molecule has 0 amide bonds. The van der Waals surface area contributed by atoms with Gasteiger partial charge in [0.15, 0.2) is 0 Å². The first kappa shape index (κ1) is 31.9. The molecule has 3 rings (SSSR count). The highest BCUT2D eigenvalue weighted by Gasteiger charge is 2.24. The highest BCUT2D eigenvalue weighted by molar-refractivity contribution is 5.45. The Hall–Kier alpha value is -2.08.